The molecule has 0 aromatic rings. The van der Waals surface area contributed by atoms with Crippen molar-refractivity contribution in [2.24, 2.45) is 11.8 Å². The van der Waals surface area contributed by atoms with Gasteiger partial charge < -0.3 is 10.1 Å². The monoisotopic (exact) mass is 227 g/mol. The lowest BCUT2D eigenvalue weighted by atomic mass is 9.75. The van der Waals surface area contributed by atoms with Crippen LogP contribution >= 0.6 is 0 Å². The first-order valence-electron chi connectivity index (χ1n) is 6.96. The van der Waals surface area contributed by atoms with Gasteiger partial charge in [0.15, 0.2) is 0 Å². The van der Waals surface area contributed by atoms with Crippen molar-refractivity contribution in [1.82, 2.24) is 5.32 Å². The van der Waals surface area contributed by atoms with E-state index in [0.29, 0.717) is 6.10 Å². The van der Waals surface area contributed by atoms with Gasteiger partial charge in [-0.3, -0.25) is 0 Å². The molecule has 1 N–H and O–H groups in total. The summed E-state index contributed by atoms with van der Waals surface area (Å²) in [6.45, 7) is 7.49. The fourth-order valence-corrected chi connectivity index (χ4v) is 2.89. The van der Waals surface area contributed by atoms with E-state index < -0.39 is 0 Å². The molecule has 1 saturated carbocycles. The molecule has 1 rings (SSSR count). The summed E-state index contributed by atoms with van der Waals surface area (Å²) >= 11 is 0. The second kappa shape index (κ2) is 7.29. The quantitative estimate of drug-likeness (QED) is 0.752. The lowest BCUT2D eigenvalue weighted by Crippen LogP contribution is -2.39. The molecular formula is C14H29NO. The Hall–Kier alpha value is -0.0800. The largest absolute Gasteiger partial charge is 0.379 e. The van der Waals surface area contributed by atoms with Crippen LogP contribution in [0, 0.1) is 11.8 Å². The first kappa shape index (κ1) is 14.0. The summed E-state index contributed by atoms with van der Waals surface area (Å²) in [4.78, 5) is 0. The van der Waals surface area contributed by atoms with Gasteiger partial charge in [-0.2, -0.15) is 0 Å². The fourth-order valence-electron chi connectivity index (χ4n) is 2.89. The average molecular weight is 227 g/mol. The van der Waals surface area contributed by atoms with Gasteiger partial charge in [0.25, 0.3) is 0 Å². The minimum absolute atomic E-state index is 0.374. The summed E-state index contributed by atoms with van der Waals surface area (Å²) in [5.41, 5.74) is 0. The van der Waals surface area contributed by atoms with Crippen molar-refractivity contribution in [3.63, 3.8) is 0 Å². The van der Waals surface area contributed by atoms with Gasteiger partial charge in [-0.25, -0.2) is 0 Å². The van der Waals surface area contributed by atoms with Crippen LogP contribution in [0.3, 0.4) is 0 Å². The second-order valence-electron chi connectivity index (χ2n) is 5.45. The fraction of sp³-hybridized carbons (Fsp3) is 1.00. The zero-order valence-electron chi connectivity index (χ0n) is 11.5. The van der Waals surface area contributed by atoms with Crippen molar-refractivity contribution in [1.29, 1.82) is 0 Å². The van der Waals surface area contributed by atoms with Crippen LogP contribution in [0.5, 0.6) is 0 Å². The molecule has 0 aromatic heterocycles. The van der Waals surface area contributed by atoms with Gasteiger partial charge in [-0.05, 0) is 58.4 Å². The molecule has 3 unspecified atom stereocenters. The van der Waals surface area contributed by atoms with E-state index in [2.05, 4.69) is 33.1 Å². The lowest BCUT2D eigenvalue weighted by molar-refractivity contribution is 0.0559. The highest BCUT2D eigenvalue weighted by molar-refractivity contribution is 4.83. The Morgan fingerprint density at radius 3 is 2.62 bits per heavy atom. The molecule has 0 aliphatic heterocycles. The minimum Gasteiger partial charge on any atom is -0.379 e. The number of ether oxygens (including phenoxy) is 1. The Labute approximate surface area is 101 Å². The van der Waals surface area contributed by atoms with Crippen molar-refractivity contribution in [3.05, 3.63) is 0 Å². The SMILES string of the molecule is CCC1CCC(NC)C(CCOC(C)C)C1. The van der Waals surface area contributed by atoms with Crippen molar-refractivity contribution in [3.8, 4) is 0 Å². The maximum absolute atomic E-state index is 5.68. The van der Waals surface area contributed by atoms with Gasteiger partial charge in [0.2, 0.25) is 0 Å². The van der Waals surface area contributed by atoms with Gasteiger partial charge in [0.1, 0.15) is 0 Å². The van der Waals surface area contributed by atoms with Crippen molar-refractivity contribution < 1.29 is 4.74 Å². The number of hydrogen-bond acceptors (Lipinski definition) is 2. The maximum Gasteiger partial charge on any atom is 0.0518 e. The molecule has 3 atom stereocenters. The Kier molecular flexibility index (Phi) is 6.37. The summed E-state index contributed by atoms with van der Waals surface area (Å²) in [6, 6.07) is 0.721. The zero-order valence-corrected chi connectivity index (χ0v) is 11.5. The summed E-state index contributed by atoms with van der Waals surface area (Å²) in [6.07, 6.45) is 7.09. The van der Waals surface area contributed by atoms with E-state index >= 15 is 0 Å². The smallest absolute Gasteiger partial charge is 0.0518 e. The van der Waals surface area contributed by atoms with Crippen molar-refractivity contribution in [2.75, 3.05) is 13.7 Å². The molecule has 1 aliphatic carbocycles. The van der Waals surface area contributed by atoms with Crippen LogP contribution in [0.15, 0.2) is 0 Å². The molecule has 0 spiro atoms. The topological polar surface area (TPSA) is 21.3 Å². The summed E-state index contributed by atoms with van der Waals surface area (Å²) in [5, 5.41) is 3.48. The molecule has 0 heterocycles. The van der Waals surface area contributed by atoms with Gasteiger partial charge in [-0.1, -0.05) is 13.3 Å². The van der Waals surface area contributed by atoms with Crippen LogP contribution in [0.1, 0.15) is 52.9 Å². The van der Waals surface area contributed by atoms with Gasteiger partial charge >= 0.3 is 0 Å². The first-order valence-corrected chi connectivity index (χ1v) is 6.96. The van der Waals surface area contributed by atoms with Crippen LogP contribution in [-0.2, 0) is 4.74 Å². The maximum atomic E-state index is 5.68. The Bertz CT molecular complexity index is 182. The van der Waals surface area contributed by atoms with E-state index in [1.165, 1.54) is 32.1 Å². The van der Waals surface area contributed by atoms with Gasteiger partial charge in [-0.15, -0.1) is 0 Å². The molecular weight excluding hydrogens is 198 g/mol. The number of hydrogen-bond donors (Lipinski definition) is 1. The number of rotatable bonds is 6. The van der Waals surface area contributed by atoms with Gasteiger partial charge in [0.05, 0.1) is 6.10 Å². The molecule has 0 radical (unpaired) electrons. The molecule has 0 amide bonds. The molecule has 0 bridgehead atoms. The summed E-state index contributed by atoms with van der Waals surface area (Å²) in [7, 11) is 2.10. The van der Waals surface area contributed by atoms with Crippen molar-refractivity contribution >= 4 is 0 Å². The van der Waals surface area contributed by atoms with E-state index in [-0.39, 0.29) is 0 Å². The third-order valence-electron chi connectivity index (χ3n) is 3.98. The summed E-state index contributed by atoms with van der Waals surface area (Å²) < 4.78 is 5.68. The Morgan fingerprint density at radius 2 is 2.06 bits per heavy atom. The highest BCUT2D eigenvalue weighted by Crippen LogP contribution is 2.33. The number of nitrogens with one attached hydrogen (secondary N) is 1. The van der Waals surface area contributed by atoms with Crippen LogP contribution in [-0.4, -0.2) is 25.8 Å². The second-order valence-corrected chi connectivity index (χ2v) is 5.45. The molecule has 1 fully saturated rings. The highest BCUT2D eigenvalue weighted by atomic mass is 16.5. The van der Waals surface area contributed by atoms with E-state index in [9.17, 15) is 0 Å². The lowest BCUT2D eigenvalue weighted by Gasteiger charge is -2.36. The normalized spacial score (nSPS) is 30.9. The summed E-state index contributed by atoms with van der Waals surface area (Å²) in [5.74, 6) is 1.77. The molecule has 2 nitrogen and oxygen atoms in total. The van der Waals surface area contributed by atoms with E-state index in [1.807, 2.05) is 0 Å². The standard InChI is InChI=1S/C14H29NO/c1-5-12-6-7-14(15-4)13(10-12)8-9-16-11(2)3/h11-15H,5-10H2,1-4H3. The van der Waals surface area contributed by atoms with Gasteiger partial charge in [0, 0.05) is 12.6 Å². The first-order chi connectivity index (χ1) is 7.67. The predicted octanol–water partition coefficient (Wildman–Crippen LogP) is 3.22. The van der Waals surface area contributed by atoms with E-state index in [1.54, 1.807) is 0 Å². The Morgan fingerprint density at radius 1 is 1.31 bits per heavy atom. The minimum atomic E-state index is 0.374. The zero-order chi connectivity index (χ0) is 12.0. The molecule has 0 saturated heterocycles. The molecule has 2 heteroatoms. The van der Waals surface area contributed by atoms with E-state index in [4.69, 9.17) is 4.74 Å². The molecule has 1 aliphatic rings. The highest BCUT2D eigenvalue weighted by Gasteiger charge is 2.28. The third-order valence-corrected chi connectivity index (χ3v) is 3.98. The Balaban J connectivity index is 2.33. The molecule has 96 valence electrons. The molecule has 16 heavy (non-hydrogen) atoms. The van der Waals surface area contributed by atoms with E-state index in [0.717, 1.165) is 24.5 Å². The predicted molar refractivity (Wildman–Crippen MR) is 69.7 cm³/mol. The van der Waals surface area contributed by atoms with Crippen LogP contribution in [0.2, 0.25) is 0 Å². The average Bonchev–Trinajstić information content (AvgIpc) is 2.28. The molecule has 0 aromatic carbocycles. The van der Waals surface area contributed by atoms with Crippen LogP contribution in [0.25, 0.3) is 0 Å². The van der Waals surface area contributed by atoms with Crippen LogP contribution < -0.4 is 5.32 Å². The third kappa shape index (κ3) is 4.42. The van der Waals surface area contributed by atoms with Crippen molar-refractivity contribution in [2.45, 2.75) is 65.0 Å². The van der Waals surface area contributed by atoms with Crippen LogP contribution in [0.4, 0.5) is 0 Å².